The van der Waals surface area contributed by atoms with Crippen molar-refractivity contribution in [3.8, 4) is 0 Å². The minimum absolute atomic E-state index is 0.101. The van der Waals surface area contributed by atoms with Gasteiger partial charge in [-0.25, -0.2) is 14.5 Å². The molecule has 10 rings (SSSR count). The van der Waals surface area contributed by atoms with E-state index < -0.39 is 35.1 Å². The Labute approximate surface area is 561 Å². The number of fused-ring (bicyclic) bond motifs is 3. The van der Waals surface area contributed by atoms with Crippen molar-refractivity contribution in [1.82, 2.24) is 14.1 Å². The van der Waals surface area contributed by atoms with Crippen molar-refractivity contribution in [2.45, 2.75) is 244 Å². The Balaban J connectivity index is 0.000000173. The summed E-state index contributed by atoms with van der Waals surface area (Å²) in [5.41, 5.74) is 9.83. The van der Waals surface area contributed by atoms with E-state index in [0.29, 0.717) is 36.4 Å². The van der Waals surface area contributed by atoms with Gasteiger partial charge in [-0.3, -0.25) is 4.18 Å². The SMILES string of the molecule is Cc1ccc(S(=O)(=O)OC2CCC(O[Si](C)(C)C(C)(C)C)C2)cc1.[C-]#[N+]c1cc2c(Br)c[nH]c2cc1C.[C-]#[N+]c1cc2c(Br)cn([C@@H]3CC[C@@H](O[Si](C)(C)C(C)(C)C)C3)c2cc1C.[C-]#[N+]c1cc2c(Br)cn([C@@H]3CC[C@H](O[Si](C)(C)C(C)(C)C)C3)c2cc1C. The van der Waals surface area contributed by atoms with Gasteiger partial charge >= 0.3 is 0 Å². The highest BCUT2D eigenvalue weighted by molar-refractivity contribution is 9.11. The second-order valence-electron chi connectivity index (χ2n) is 29.5. The van der Waals surface area contributed by atoms with Crippen LogP contribution in [0.4, 0.5) is 17.1 Å². The fraction of sp³-hybridized carbons (Fsp3) is 0.529. The Morgan fingerprint density at radius 2 is 0.865 bits per heavy atom. The second kappa shape index (κ2) is 28.2. The number of aromatic amines is 1. The average molecular weight is 1470 g/mol. The first-order valence-electron chi connectivity index (χ1n) is 31.2. The number of rotatable bonds is 11. The third-order valence-electron chi connectivity index (χ3n) is 19.7. The topological polar surface area (TPSA) is 110 Å². The molecule has 89 heavy (non-hydrogen) atoms. The molecule has 3 aromatic heterocycles. The Kier molecular flexibility index (Phi) is 22.9. The molecule has 0 spiro atoms. The zero-order chi connectivity index (χ0) is 66.1. The van der Waals surface area contributed by atoms with Gasteiger partial charge in [-0.05, 0) is 253 Å². The van der Waals surface area contributed by atoms with Crippen LogP contribution in [0.15, 0.2) is 97.6 Å². The van der Waals surface area contributed by atoms with Gasteiger partial charge in [-0.15, -0.1) is 0 Å². The highest BCUT2D eigenvalue weighted by Gasteiger charge is 2.44. The van der Waals surface area contributed by atoms with E-state index in [0.717, 1.165) is 120 Å². The molecule has 6 atom stereocenters. The minimum atomic E-state index is -3.70. The lowest BCUT2D eigenvalue weighted by atomic mass is 10.1. The van der Waals surface area contributed by atoms with Gasteiger partial charge < -0.3 is 27.4 Å². The molecule has 2 unspecified atom stereocenters. The Hall–Kier alpha value is -4.15. The zero-order valence-corrected chi connectivity index (χ0v) is 64.6. The first-order chi connectivity index (χ1) is 41.2. The summed E-state index contributed by atoms with van der Waals surface area (Å²) in [6.45, 7) is 63.9. The molecule has 3 aliphatic carbocycles. The third kappa shape index (κ3) is 17.2. The summed E-state index contributed by atoms with van der Waals surface area (Å²) in [4.78, 5) is 14.1. The van der Waals surface area contributed by atoms with Gasteiger partial charge in [0.25, 0.3) is 10.1 Å². The van der Waals surface area contributed by atoms with Crippen molar-refractivity contribution in [1.29, 1.82) is 0 Å². The molecule has 0 saturated heterocycles. The minimum Gasteiger partial charge on any atom is -0.414 e. The van der Waals surface area contributed by atoms with E-state index in [9.17, 15) is 8.42 Å². The number of hydrogen-bond donors (Lipinski definition) is 1. The lowest BCUT2D eigenvalue weighted by Crippen LogP contribution is -2.43. The predicted octanol–water partition coefficient (Wildman–Crippen LogP) is 23.2. The molecule has 12 nitrogen and oxygen atoms in total. The maximum absolute atomic E-state index is 12.4. The number of benzene rings is 4. The molecule has 0 amide bonds. The summed E-state index contributed by atoms with van der Waals surface area (Å²) in [6.07, 6.45) is 15.8. The van der Waals surface area contributed by atoms with E-state index in [1.165, 1.54) is 11.0 Å². The van der Waals surface area contributed by atoms with Crippen LogP contribution >= 0.6 is 47.8 Å². The molecule has 19 heteroatoms. The Bertz CT molecular complexity index is 3780. The van der Waals surface area contributed by atoms with Crippen LogP contribution in [0.5, 0.6) is 0 Å². The van der Waals surface area contributed by atoms with Gasteiger partial charge in [0.05, 0.1) is 30.7 Å². The van der Waals surface area contributed by atoms with Crippen molar-refractivity contribution < 1.29 is 25.9 Å². The summed E-state index contributed by atoms with van der Waals surface area (Å²) in [5, 5.41) is 3.99. The molecular weight excluding hydrogens is 1380 g/mol. The van der Waals surface area contributed by atoms with E-state index in [-0.39, 0.29) is 32.2 Å². The summed E-state index contributed by atoms with van der Waals surface area (Å²) in [6, 6.07) is 20.0. The van der Waals surface area contributed by atoms with E-state index >= 15 is 0 Å². The normalized spacial score (nSPS) is 20.1. The molecule has 4 aromatic carbocycles. The van der Waals surface area contributed by atoms with Crippen molar-refractivity contribution in [3.05, 3.63) is 149 Å². The van der Waals surface area contributed by atoms with Crippen LogP contribution in [0.1, 0.15) is 154 Å². The van der Waals surface area contributed by atoms with Crippen LogP contribution in [0.2, 0.25) is 54.4 Å². The smallest absolute Gasteiger partial charge is 0.297 e. The van der Waals surface area contributed by atoms with Crippen LogP contribution < -0.4 is 0 Å². The maximum Gasteiger partial charge on any atom is 0.297 e. The number of nitrogens with zero attached hydrogens (tertiary/aromatic N) is 5. The third-order valence-corrected chi connectivity index (χ3v) is 36.6. The van der Waals surface area contributed by atoms with Crippen molar-refractivity contribution in [3.63, 3.8) is 0 Å². The first-order valence-corrected chi connectivity index (χ1v) is 43.7. The van der Waals surface area contributed by atoms with E-state index in [4.69, 9.17) is 37.2 Å². The highest BCUT2D eigenvalue weighted by Crippen LogP contribution is 2.47. The number of aryl methyl sites for hydroxylation is 4. The van der Waals surface area contributed by atoms with Gasteiger partial charge in [-0.2, -0.15) is 8.42 Å². The molecule has 0 radical (unpaired) electrons. The van der Waals surface area contributed by atoms with Crippen molar-refractivity contribution in [2.24, 2.45) is 0 Å². The molecule has 7 aromatic rings. The van der Waals surface area contributed by atoms with Crippen molar-refractivity contribution >= 4 is 133 Å². The van der Waals surface area contributed by atoms with E-state index in [2.05, 4.69) is 203 Å². The van der Waals surface area contributed by atoms with Gasteiger partial charge in [0.15, 0.2) is 42.0 Å². The van der Waals surface area contributed by atoms with E-state index in [1.807, 2.05) is 58.2 Å². The number of nitrogens with one attached hydrogen (secondary N) is 1. The quantitative estimate of drug-likeness (QED) is 0.0785. The zero-order valence-electron chi connectivity index (χ0n) is 56.1. The van der Waals surface area contributed by atoms with E-state index in [1.54, 1.807) is 24.3 Å². The van der Waals surface area contributed by atoms with Gasteiger partial charge in [0.2, 0.25) is 0 Å². The molecule has 480 valence electrons. The molecule has 3 saturated carbocycles. The van der Waals surface area contributed by atoms with Crippen LogP contribution in [-0.4, -0.2) is 71.9 Å². The molecule has 3 fully saturated rings. The average Bonchev–Trinajstić information content (AvgIpc) is 2.43. The number of hydrogen-bond acceptors (Lipinski definition) is 6. The first kappa shape index (κ1) is 72.3. The molecule has 3 aliphatic rings. The lowest BCUT2D eigenvalue weighted by molar-refractivity contribution is 0.158. The lowest BCUT2D eigenvalue weighted by Gasteiger charge is -2.38. The molecule has 0 aliphatic heterocycles. The fourth-order valence-electron chi connectivity index (χ4n) is 11.3. The fourth-order valence-corrected chi connectivity index (χ4v) is 18.1. The largest absolute Gasteiger partial charge is 0.414 e. The standard InChI is InChI=1S/2C21H29BrN2OSi.C18H30O4SSi.C10H7BrN2/c2*1-14-10-20-17(12-19(14)23-5)18(22)13-24(20)15-8-9-16(11-15)25-26(6,7)21(2,3)4;1-14-7-11-17(12-8-14)23(19,20)21-15-9-10-16(13-15)22-24(5,6)18(2,3)4;1-6-3-10-7(4-9(6)12-2)8(11)5-13-10/h2*10,12-13,15-16H,8-9,11H2,1-4,6-7H3;7-8,11-12,15-16H,9-10,13H2,1-6H3;3-5,13H,1H3/t15-,16+;15-,16-;;/m11../s1. The van der Waals surface area contributed by atoms with Crippen LogP contribution in [0.25, 0.3) is 47.2 Å². The number of halogens is 3. The van der Waals surface area contributed by atoms with Crippen LogP contribution in [-0.2, 0) is 27.6 Å². The summed E-state index contributed by atoms with van der Waals surface area (Å²) in [5.74, 6) is 0. The van der Waals surface area contributed by atoms with Crippen LogP contribution in [0.3, 0.4) is 0 Å². The molecule has 3 heterocycles. The van der Waals surface area contributed by atoms with Gasteiger partial charge in [0.1, 0.15) is 0 Å². The summed E-state index contributed by atoms with van der Waals surface area (Å²) >= 11 is 10.8. The Morgan fingerprint density at radius 1 is 0.506 bits per heavy atom. The van der Waals surface area contributed by atoms with Gasteiger partial charge in [0, 0.05) is 95.1 Å². The summed E-state index contributed by atoms with van der Waals surface area (Å²) in [7, 11) is -8.98. The highest BCUT2D eigenvalue weighted by atomic mass is 79.9. The number of H-pyrrole nitrogens is 1. The maximum atomic E-state index is 12.4. The second-order valence-corrected chi connectivity index (χ2v) is 47.9. The Morgan fingerprint density at radius 3 is 1.26 bits per heavy atom. The van der Waals surface area contributed by atoms with Gasteiger partial charge in [-0.1, -0.05) is 80.0 Å². The van der Waals surface area contributed by atoms with Crippen molar-refractivity contribution in [2.75, 3.05) is 0 Å². The predicted molar refractivity (Wildman–Crippen MR) is 387 cm³/mol. The number of aromatic nitrogens is 3. The molecular formula is C70H95Br3N6O6SSi3. The van der Waals surface area contributed by atoms with Crippen LogP contribution in [0, 0.1) is 47.4 Å². The molecule has 0 bridgehead atoms. The molecule has 1 N–H and O–H groups in total. The summed E-state index contributed by atoms with van der Waals surface area (Å²) < 4.78 is 57.9. The monoisotopic (exact) mass is 1470 g/mol.